The van der Waals surface area contributed by atoms with E-state index in [9.17, 15) is 9.59 Å². The number of hydrogen-bond acceptors (Lipinski definition) is 5. The molecule has 0 bridgehead atoms. The lowest BCUT2D eigenvalue weighted by molar-refractivity contribution is 0.0950. The molecule has 4 rings (SSSR count). The van der Waals surface area contributed by atoms with Crippen LogP contribution in [0.5, 0.6) is 0 Å². The van der Waals surface area contributed by atoms with E-state index in [4.69, 9.17) is 11.6 Å². The monoisotopic (exact) mass is 499 g/mol. The van der Waals surface area contributed by atoms with Gasteiger partial charge in [0.25, 0.3) is 5.91 Å². The van der Waals surface area contributed by atoms with E-state index >= 15 is 0 Å². The van der Waals surface area contributed by atoms with Crippen LogP contribution >= 0.6 is 11.6 Å². The predicted octanol–water partition coefficient (Wildman–Crippen LogP) is 3.85. The first kappa shape index (κ1) is 25.6. The Hall–Kier alpha value is -2.51. The first-order valence-electron chi connectivity index (χ1n) is 12.7. The van der Waals surface area contributed by atoms with E-state index in [0.717, 1.165) is 55.0 Å². The topological polar surface area (TPSA) is 69.6 Å². The van der Waals surface area contributed by atoms with Crippen LogP contribution in [0.3, 0.4) is 0 Å². The number of aromatic nitrogens is 1. The highest BCUT2D eigenvalue weighted by molar-refractivity contribution is 6.31. The molecule has 0 unspecified atom stereocenters. The van der Waals surface area contributed by atoms with Gasteiger partial charge in [0.05, 0.1) is 0 Å². The Morgan fingerprint density at radius 2 is 1.83 bits per heavy atom. The number of carbonyl (C=O) groups is 1. The molecule has 1 aliphatic carbocycles. The SMILES string of the molecule is CCN(c1cc(Cl)cc(C(=O)NCc2c(C)n3c(cc2=O)CCN3)c1C)C1CCC(N(C)C)CC1. The average molecular weight is 500 g/mol. The lowest BCUT2D eigenvalue weighted by Crippen LogP contribution is -2.42. The van der Waals surface area contributed by atoms with Gasteiger partial charge in [-0.1, -0.05) is 11.6 Å². The van der Waals surface area contributed by atoms with Crippen molar-refractivity contribution in [1.82, 2.24) is 14.9 Å². The minimum Gasteiger partial charge on any atom is -0.369 e. The van der Waals surface area contributed by atoms with E-state index in [-0.39, 0.29) is 17.9 Å². The van der Waals surface area contributed by atoms with Crippen LogP contribution in [0, 0.1) is 13.8 Å². The van der Waals surface area contributed by atoms with E-state index < -0.39 is 0 Å². The van der Waals surface area contributed by atoms with Gasteiger partial charge >= 0.3 is 0 Å². The molecule has 35 heavy (non-hydrogen) atoms. The zero-order chi connectivity index (χ0) is 25.3. The maximum atomic E-state index is 13.3. The number of fused-ring (bicyclic) bond motifs is 1. The van der Waals surface area contributed by atoms with E-state index in [0.29, 0.717) is 28.2 Å². The summed E-state index contributed by atoms with van der Waals surface area (Å²) in [6, 6.07) is 6.45. The van der Waals surface area contributed by atoms with Crippen molar-refractivity contribution in [3.8, 4) is 0 Å². The Bertz CT molecular complexity index is 1150. The standard InChI is InChI=1S/C27H38ClN5O2/c1-6-32(21-9-7-20(8-10-21)31(4)5)25-14-19(28)13-23(17(25)2)27(35)29-16-24-18(3)33-22(11-12-30-33)15-26(24)34/h13-15,20-21,30H,6-12,16H2,1-5H3,(H,29,35). The predicted molar refractivity (Wildman–Crippen MR) is 143 cm³/mol. The van der Waals surface area contributed by atoms with Gasteiger partial charge < -0.3 is 20.5 Å². The fourth-order valence-corrected chi connectivity index (χ4v) is 5.93. The van der Waals surface area contributed by atoms with Gasteiger partial charge in [-0.15, -0.1) is 0 Å². The number of halogens is 1. The van der Waals surface area contributed by atoms with E-state index in [1.807, 2.05) is 24.6 Å². The summed E-state index contributed by atoms with van der Waals surface area (Å²) in [4.78, 5) is 30.7. The molecule has 0 atom stereocenters. The van der Waals surface area contributed by atoms with Crippen LogP contribution in [0.2, 0.25) is 5.02 Å². The number of carbonyl (C=O) groups excluding carboxylic acids is 1. The zero-order valence-electron chi connectivity index (χ0n) is 21.6. The number of amides is 1. The van der Waals surface area contributed by atoms with Crippen molar-refractivity contribution in [1.29, 1.82) is 0 Å². The number of rotatable bonds is 7. The molecule has 1 aliphatic heterocycles. The molecule has 190 valence electrons. The molecular weight excluding hydrogens is 462 g/mol. The van der Waals surface area contributed by atoms with Crippen molar-refractivity contribution in [2.45, 2.75) is 71.5 Å². The third-order valence-corrected chi connectivity index (χ3v) is 8.03. The van der Waals surface area contributed by atoms with Crippen LogP contribution in [0.1, 0.15) is 65.5 Å². The highest BCUT2D eigenvalue weighted by atomic mass is 35.5. The molecule has 1 aromatic heterocycles. The minimum absolute atomic E-state index is 0.0354. The first-order valence-corrected chi connectivity index (χ1v) is 13.1. The van der Waals surface area contributed by atoms with Gasteiger partial charge in [-0.3, -0.25) is 14.3 Å². The lowest BCUT2D eigenvalue weighted by Gasteiger charge is -2.40. The Morgan fingerprint density at radius 3 is 2.49 bits per heavy atom. The number of pyridine rings is 1. The fraction of sp³-hybridized carbons (Fsp3) is 0.556. The highest BCUT2D eigenvalue weighted by Crippen LogP contribution is 2.34. The molecule has 0 radical (unpaired) electrons. The van der Waals surface area contributed by atoms with Gasteiger partial charge in [0.2, 0.25) is 0 Å². The van der Waals surface area contributed by atoms with Crippen LogP contribution in [0.4, 0.5) is 5.69 Å². The molecule has 1 fully saturated rings. The van der Waals surface area contributed by atoms with Crippen molar-refractivity contribution in [3.63, 3.8) is 0 Å². The van der Waals surface area contributed by atoms with Crippen molar-refractivity contribution in [3.05, 3.63) is 61.5 Å². The number of anilines is 1. The van der Waals surface area contributed by atoms with E-state index in [1.54, 1.807) is 12.1 Å². The number of benzene rings is 1. The summed E-state index contributed by atoms with van der Waals surface area (Å²) >= 11 is 6.53. The molecule has 2 aromatic rings. The summed E-state index contributed by atoms with van der Waals surface area (Å²) in [7, 11) is 4.31. The quantitative estimate of drug-likeness (QED) is 0.605. The van der Waals surface area contributed by atoms with Gasteiger partial charge in [-0.2, -0.15) is 0 Å². The van der Waals surface area contributed by atoms with E-state index in [1.165, 1.54) is 12.8 Å². The van der Waals surface area contributed by atoms with Gasteiger partial charge in [-0.05, 0) is 78.2 Å². The van der Waals surface area contributed by atoms with Crippen LogP contribution in [-0.4, -0.2) is 54.8 Å². The molecule has 2 N–H and O–H groups in total. The summed E-state index contributed by atoms with van der Waals surface area (Å²) in [6.45, 7) is 7.92. The molecule has 1 amide bonds. The Morgan fingerprint density at radius 1 is 1.14 bits per heavy atom. The van der Waals surface area contributed by atoms with Crippen molar-refractivity contribution in [2.24, 2.45) is 0 Å². The molecule has 0 saturated heterocycles. The van der Waals surface area contributed by atoms with Crippen LogP contribution in [-0.2, 0) is 13.0 Å². The maximum absolute atomic E-state index is 13.3. The minimum atomic E-state index is -0.212. The Kier molecular flexibility index (Phi) is 7.77. The maximum Gasteiger partial charge on any atom is 0.251 e. The van der Waals surface area contributed by atoms with Gasteiger partial charge in [0.1, 0.15) is 0 Å². The van der Waals surface area contributed by atoms with Crippen molar-refractivity contribution >= 4 is 23.2 Å². The highest BCUT2D eigenvalue weighted by Gasteiger charge is 2.28. The summed E-state index contributed by atoms with van der Waals surface area (Å²) in [5.74, 6) is -0.212. The van der Waals surface area contributed by atoms with Crippen LogP contribution in [0.15, 0.2) is 23.0 Å². The fourth-order valence-electron chi connectivity index (χ4n) is 5.72. The summed E-state index contributed by atoms with van der Waals surface area (Å²) in [5.41, 5.74) is 8.18. The molecule has 1 aromatic carbocycles. The molecule has 1 saturated carbocycles. The normalized spacial score (nSPS) is 19.4. The van der Waals surface area contributed by atoms with Gasteiger partial charge in [0.15, 0.2) is 5.43 Å². The lowest BCUT2D eigenvalue weighted by atomic mass is 9.89. The molecular formula is C27H38ClN5O2. The molecule has 7 nitrogen and oxygen atoms in total. The second-order valence-electron chi connectivity index (χ2n) is 10.0. The Balaban J connectivity index is 1.54. The number of nitrogens with zero attached hydrogens (tertiary/aromatic N) is 3. The third kappa shape index (κ3) is 5.21. The molecule has 8 heteroatoms. The molecule has 0 spiro atoms. The summed E-state index contributed by atoms with van der Waals surface area (Å²) in [5, 5.41) is 3.53. The summed E-state index contributed by atoms with van der Waals surface area (Å²) in [6.07, 6.45) is 5.43. The van der Waals surface area contributed by atoms with Crippen molar-refractivity contribution < 1.29 is 4.79 Å². The molecule has 2 heterocycles. The smallest absolute Gasteiger partial charge is 0.251 e. The zero-order valence-corrected chi connectivity index (χ0v) is 22.3. The Labute approximate surface area is 213 Å². The van der Waals surface area contributed by atoms with Gasteiger partial charge in [-0.25, -0.2) is 0 Å². The van der Waals surface area contributed by atoms with Crippen LogP contribution in [0.25, 0.3) is 0 Å². The molecule has 2 aliphatic rings. The second kappa shape index (κ2) is 10.6. The van der Waals surface area contributed by atoms with Crippen molar-refractivity contribution in [2.75, 3.05) is 37.5 Å². The van der Waals surface area contributed by atoms with E-state index in [2.05, 4.69) is 41.6 Å². The van der Waals surface area contributed by atoms with Crippen LogP contribution < -0.4 is 21.1 Å². The number of nitrogens with one attached hydrogen (secondary N) is 2. The largest absolute Gasteiger partial charge is 0.369 e. The van der Waals surface area contributed by atoms with Gasteiger partial charge in [0, 0.05) is 77.4 Å². The first-order chi connectivity index (χ1) is 16.7. The average Bonchev–Trinajstić information content (AvgIpc) is 3.30. The number of hydrogen-bond donors (Lipinski definition) is 2. The second-order valence-corrected chi connectivity index (χ2v) is 10.5. The summed E-state index contributed by atoms with van der Waals surface area (Å²) < 4.78 is 1.95. The third-order valence-electron chi connectivity index (χ3n) is 7.81.